The molecule has 1 fully saturated rings. The number of thioether (sulfide) groups is 1. The van der Waals surface area contributed by atoms with Gasteiger partial charge in [0.25, 0.3) is 0 Å². The fourth-order valence-electron chi connectivity index (χ4n) is 3.31. The van der Waals surface area contributed by atoms with E-state index in [1.54, 1.807) is 34.9 Å². The zero-order valence-electron chi connectivity index (χ0n) is 17.1. The van der Waals surface area contributed by atoms with Crippen LogP contribution in [0.25, 0.3) is 17.1 Å². The molecule has 1 saturated heterocycles. The summed E-state index contributed by atoms with van der Waals surface area (Å²) < 4.78 is 37.7. The van der Waals surface area contributed by atoms with Crippen molar-refractivity contribution in [1.29, 1.82) is 0 Å². The molecule has 3 aromatic rings. The van der Waals surface area contributed by atoms with Crippen molar-refractivity contribution in [1.82, 2.24) is 14.8 Å². The summed E-state index contributed by atoms with van der Waals surface area (Å²) in [6.45, 7) is 0.351. The smallest absolute Gasteiger partial charge is 0.319 e. The average Bonchev–Trinajstić information content (AvgIpc) is 3.39. The molecule has 0 saturated carbocycles. The molecule has 2 aromatic carbocycles. The molecular weight excluding hydrogens is 425 g/mol. The quantitative estimate of drug-likeness (QED) is 0.511. The largest absolute Gasteiger partial charge is 0.493 e. The first-order valence-electron chi connectivity index (χ1n) is 9.41. The number of carbonyl (C=O) groups excluding carboxylic acids is 1. The lowest BCUT2D eigenvalue weighted by atomic mass is 10.1. The first kappa shape index (κ1) is 21.0. The van der Waals surface area contributed by atoms with Gasteiger partial charge in [0.15, 0.2) is 22.5 Å². The normalized spacial score (nSPS) is 15.6. The van der Waals surface area contributed by atoms with Crippen molar-refractivity contribution in [2.45, 2.75) is 16.8 Å². The van der Waals surface area contributed by atoms with E-state index < -0.39 is 11.1 Å². The molecule has 0 amide bonds. The number of rotatable bonds is 7. The Labute approximate surface area is 182 Å². The minimum atomic E-state index is -0.452. The Balaban J connectivity index is 1.89. The molecule has 0 unspecified atom stereocenters. The van der Waals surface area contributed by atoms with Crippen LogP contribution in [-0.4, -0.2) is 53.9 Å². The number of hydrogen-bond donors (Lipinski definition) is 0. The van der Waals surface area contributed by atoms with E-state index in [0.717, 1.165) is 0 Å². The number of ether oxygens (including phenoxy) is 4. The predicted molar refractivity (Wildman–Crippen MR) is 112 cm³/mol. The van der Waals surface area contributed by atoms with Crippen LogP contribution in [0.15, 0.2) is 41.6 Å². The number of hydrogen-bond acceptors (Lipinski definition) is 8. The molecule has 4 rings (SSSR count). The predicted octanol–water partition coefficient (Wildman–Crippen LogP) is 3.51. The van der Waals surface area contributed by atoms with Crippen molar-refractivity contribution in [3.8, 4) is 34.3 Å². The van der Waals surface area contributed by atoms with Gasteiger partial charge >= 0.3 is 5.97 Å². The third-order valence-corrected chi connectivity index (χ3v) is 5.97. The first-order chi connectivity index (χ1) is 15.1. The van der Waals surface area contributed by atoms with Crippen LogP contribution in [0.5, 0.6) is 17.2 Å². The Morgan fingerprint density at radius 3 is 2.39 bits per heavy atom. The van der Waals surface area contributed by atoms with Gasteiger partial charge in [-0.2, -0.15) is 0 Å². The maximum Gasteiger partial charge on any atom is 0.319 e. The molecule has 10 heteroatoms. The van der Waals surface area contributed by atoms with Crippen LogP contribution in [0.4, 0.5) is 4.39 Å². The summed E-state index contributed by atoms with van der Waals surface area (Å²) in [4.78, 5) is 12.0. The molecule has 1 aliphatic rings. The highest BCUT2D eigenvalue weighted by Crippen LogP contribution is 2.42. The lowest BCUT2D eigenvalue weighted by molar-refractivity contribution is -0.137. The maximum absolute atomic E-state index is 14.8. The van der Waals surface area contributed by atoms with E-state index >= 15 is 0 Å². The topological polar surface area (TPSA) is 84.7 Å². The molecule has 162 valence electrons. The van der Waals surface area contributed by atoms with Crippen molar-refractivity contribution in [3.05, 3.63) is 42.2 Å². The second-order valence-corrected chi connectivity index (χ2v) is 7.74. The van der Waals surface area contributed by atoms with Crippen molar-refractivity contribution in [3.63, 3.8) is 0 Å². The van der Waals surface area contributed by atoms with E-state index in [2.05, 4.69) is 10.2 Å². The number of benzene rings is 2. The minimum Gasteiger partial charge on any atom is -0.493 e. The van der Waals surface area contributed by atoms with Gasteiger partial charge in [0.1, 0.15) is 11.1 Å². The van der Waals surface area contributed by atoms with Crippen LogP contribution in [0.3, 0.4) is 0 Å². The van der Waals surface area contributed by atoms with Gasteiger partial charge in [-0.3, -0.25) is 9.36 Å². The number of halogens is 1. The number of aromatic nitrogens is 3. The number of esters is 1. The molecule has 0 spiro atoms. The highest BCUT2D eigenvalue weighted by Gasteiger charge is 2.31. The minimum absolute atomic E-state index is 0.255. The van der Waals surface area contributed by atoms with E-state index in [4.69, 9.17) is 18.9 Å². The fourth-order valence-corrected chi connectivity index (χ4v) is 4.32. The summed E-state index contributed by atoms with van der Waals surface area (Å²) in [5.74, 6) is 0.864. The van der Waals surface area contributed by atoms with Gasteiger partial charge < -0.3 is 18.9 Å². The van der Waals surface area contributed by atoms with Gasteiger partial charge in [-0.1, -0.05) is 23.9 Å². The molecule has 1 aromatic heterocycles. The molecule has 1 aliphatic heterocycles. The summed E-state index contributed by atoms with van der Waals surface area (Å²) in [5.41, 5.74) is 0.830. The summed E-state index contributed by atoms with van der Waals surface area (Å²) >= 11 is 1.19. The fraction of sp³-hybridized carbons (Fsp3) is 0.286. The van der Waals surface area contributed by atoms with Crippen molar-refractivity contribution in [2.24, 2.45) is 0 Å². The Morgan fingerprint density at radius 2 is 1.81 bits per heavy atom. The number of nitrogens with zero attached hydrogens (tertiary/aromatic N) is 3. The van der Waals surface area contributed by atoms with Crippen LogP contribution in [-0.2, 0) is 9.53 Å². The Kier molecular flexibility index (Phi) is 5.99. The van der Waals surface area contributed by atoms with Crippen molar-refractivity contribution in [2.75, 3.05) is 27.9 Å². The molecule has 1 atom stereocenters. The Morgan fingerprint density at radius 1 is 1.10 bits per heavy atom. The first-order valence-corrected chi connectivity index (χ1v) is 10.3. The van der Waals surface area contributed by atoms with Gasteiger partial charge in [0.2, 0.25) is 5.75 Å². The standard InChI is InChI=1S/C21H20FN3O5S/c1-27-15-10-12(11-16(28-2)18(15)29-3)19-23-24-21(31-17-8-9-30-20(17)26)25(19)14-7-5-4-6-13(14)22/h4-7,10-11,17H,8-9H2,1-3H3/t17-/m1/s1. The monoisotopic (exact) mass is 445 g/mol. The number of para-hydroxylation sites is 1. The molecule has 31 heavy (non-hydrogen) atoms. The van der Waals surface area contributed by atoms with Crippen LogP contribution in [0, 0.1) is 5.82 Å². The van der Waals surface area contributed by atoms with E-state index in [1.807, 2.05) is 0 Å². The third kappa shape index (κ3) is 3.90. The molecule has 0 radical (unpaired) electrons. The molecule has 0 N–H and O–H groups in total. The second kappa shape index (κ2) is 8.84. The highest BCUT2D eigenvalue weighted by atomic mass is 32.2. The summed E-state index contributed by atoms with van der Waals surface area (Å²) in [6, 6.07) is 9.71. The van der Waals surface area contributed by atoms with E-state index in [0.29, 0.717) is 46.8 Å². The zero-order chi connectivity index (χ0) is 22.0. The lowest BCUT2D eigenvalue weighted by Crippen LogP contribution is -2.11. The summed E-state index contributed by atoms with van der Waals surface area (Å²) in [7, 11) is 4.53. The summed E-state index contributed by atoms with van der Waals surface area (Å²) in [5, 5.41) is 8.49. The molecular formula is C21H20FN3O5S. The second-order valence-electron chi connectivity index (χ2n) is 6.57. The Bertz CT molecular complexity index is 1100. The van der Waals surface area contributed by atoms with Crippen LogP contribution < -0.4 is 14.2 Å². The van der Waals surface area contributed by atoms with E-state index in [1.165, 1.54) is 39.2 Å². The molecule has 0 aliphatic carbocycles. The van der Waals surface area contributed by atoms with Crippen LogP contribution in [0.1, 0.15) is 6.42 Å². The number of carbonyl (C=O) groups is 1. The van der Waals surface area contributed by atoms with Crippen LogP contribution >= 0.6 is 11.8 Å². The highest BCUT2D eigenvalue weighted by molar-refractivity contribution is 8.00. The lowest BCUT2D eigenvalue weighted by Gasteiger charge is -2.15. The van der Waals surface area contributed by atoms with Crippen molar-refractivity contribution >= 4 is 17.7 Å². The van der Waals surface area contributed by atoms with Gasteiger partial charge in [-0.05, 0) is 24.3 Å². The van der Waals surface area contributed by atoms with Gasteiger partial charge in [-0.25, -0.2) is 4.39 Å². The van der Waals surface area contributed by atoms with E-state index in [9.17, 15) is 9.18 Å². The molecule has 0 bridgehead atoms. The number of methoxy groups -OCH3 is 3. The SMILES string of the molecule is COc1cc(-c2nnc(S[C@@H]3CCOC3=O)n2-c2ccccc2F)cc(OC)c1OC. The van der Waals surface area contributed by atoms with Crippen molar-refractivity contribution < 1.29 is 28.1 Å². The van der Waals surface area contributed by atoms with Crippen LogP contribution in [0.2, 0.25) is 0 Å². The summed E-state index contributed by atoms with van der Waals surface area (Å²) in [6.07, 6.45) is 0.549. The Hall–Kier alpha value is -3.27. The van der Waals surface area contributed by atoms with E-state index in [-0.39, 0.29) is 11.7 Å². The third-order valence-electron chi connectivity index (χ3n) is 4.78. The zero-order valence-corrected chi connectivity index (χ0v) is 17.9. The average molecular weight is 445 g/mol. The van der Waals surface area contributed by atoms with Gasteiger partial charge in [0.05, 0.1) is 33.6 Å². The van der Waals surface area contributed by atoms with Gasteiger partial charge in [0, 0.05) is 12.0 Å². The number of cyclic esters (lactones) is 1. The molecule has 8 nitrogen and oxygen atoms in total. The van der Waals surface area contributed by atoms with Gasteiger partial charge in [-0.15, -0.1) is 10.2 Å². The molecule has 2 heterocycles. The maximum atomic E-state index is 14.8.